The zero-order chi connectivity index (χ0) is 15.3. The van der Waals surface area contributed by atoms with Crippen LogP contribution in [0.25, 0.3) is 0 Å². The molecule has 0 radical (unpaired) electrons. The van der Waals surface area contributed by atoms with Crippen molar-refractivity contribution in [3.05, 3.63) is 27.4 Å². The highest BCUT2D eigenvalue weighted by atomic mass is 32.2. The minimum absolute atomic E-state index is 0.136. The van der Waals surface area contributed by atoms with Crippen LogP contribution in [0.2, 0.25) is 0 Å². The summed E-state index contributed by atoms with van der Waals surface area (Å²) in [6, 6.07) is 0. The van der Waals surface area contributed by atoms with Gasteiger partial charge >= 0.3 is 5.69 Å². The van der Waals surface area contributed by atoms with Crippen LogP contribution in [0.15, 0.2) is 4.79 Å². The highest BCUT2D eigenvalue weighted by molar-refractivity contribution is 7.98. The fourth-order valence-corrected chi connectivity index (χ4v) is 2.61. The molecular formula is C13H21N3O3S. The molecule has 0 bridgehead atoms. The molecule has 112 valence electrons. The van der Waals surface area contributed by atoms with Gasteiger partial charge < -0.3 is 15.4 Å². The van der Waals surface area contributed by atoms with E-state index in [1.54, 1.807) is 20.8 Å². The average Bonchev–Trinajstić information content (AvgIpc) is 2.31. The molecule has 0 saturated heterocycles. The van der Waals surface area contributed by atoms with Crippen molar-refractivity contribution in [2.75, 3.05) is 18.6 Å². The second kappa shape index (κ2) is 6.90. The van der Waals surface area contributed by atoms with Gasteiger partial charge in [0.1, 0.15) is 0 Å². The molecule has 0 saturated carbocycles. The number of nitrogens with one attached hydrogen (secondary N) is 2. The normalized spacial score (nSPS) is 13.8. The van der Waals surface area contributed by atoms with Crippen molar-refractivity contribution < 1.29 is 9.90 Å². The van der Waals surface area contributed by atoms with E-state index in [1.807, 2.05) is 6.26 Å². The largest absolute Gasteiger partial charge is 0.387 e. The predicted octanol–water partition coefficient (Wildman–Crippen LogP) is 0.159. The fourth-order valence-electron chi connectivity index (χ4n) is 1.89. The van der Waals surface area contributed by atoms with E-state index in [9.17, 15) is 14.7 Å². The highest BCUT2D eigenvalue weighted by Gasteiger charge is 2.21. The molecule has 1 atom stereocenters. The van der Waals surface area contributed by atoms with Crippen molar-refractivity contribution in [1.29, 1.82) is 0 Å². The number of aromatic nitrogens is 2. The van der Waals surface area contributed by atoms with E-state index < -0.39 is 11.3 Å². The first-order valence-corrected chi connectivity index (χ1v) is 7.69. The molecule has 0 aliphatic carbocycles. The number of aliphatic hydroxyl groups is 1. The molecule has 20 heavy (non-hydrogen) atoms. The van der Waals surface area contributed by atoms with E-state index in [-0.39, 0.29) is 18.9 Å². The molecule has 1 aromatic heterocycles. The number of carbonyl (C=O) groups is 1. The molecule has 3 N–H and O–H groups in total. The summed E-state index contributed by atoms with van der Waals surface area (Å²) in [5, 5.41) is 12.7. The number of aromatic amines is 1. The molecule has 0 aliphatic rings. The van der Waals surface area contributed by atoms with Crippen molar-refractivity contribution in [3.8, 4) is 0 Å². The predicted molar refractivity (Wildman–Crippen MR) is 80.1 cm³/mol. The van der Waals surface area contributed by atoms with Gasteiger partial charge in [0.05, 0.1) is 12.0 Å². The molecule has 0 fully saturated rings. The summed E-state index contributed by atoms with van der Waals surface area (Å²) < 4.78 is 0. The van der Waals surface area contributed by atoms with E-state index in [1.165, 1.54) is 11.8 Å². The Morgan fingerprint density at radius 3 is 2.70 bits per heavy atom. The molecule has 0 aromatic carbocycles. The van der Waals surface area contributed by atoms with Crippen molar-refractivity contribution in [1.82, 2.24) is 15.3 Å². The number of H-pyrrole nitrogens is 1. The Morgan fingerprint density at radius 2 is 2.15 bits per heavy atom. The number of rotatable bonds is 6. The number of hydrogen-bond acceptors (Lipinski definition) is 5. The zero-order valence-corrected chi connectivity index (χ0v) is 13.1. The lowest BCUT2D eigenvalue weighted by atomic mass is 10.1. The quantitative estimate of drug-likeness (QED) is 0.695. The summed E-state index contributed by atoms with van der Waals surface area (Å²) in [6.45, 7) is 5.32. The monoisotopic (exact) mass is 299 g/mol. The van der Waals surface area contributed by atoms with E-state index in [0.717, 1.165) is 0 Å². The van der Waals surface area contributed by atoms with Crippen LogP contribution in [-0.2, 0) is 11.2 Å². The molecule has 7 heteroatoms. The second-order valence-electron chi connectivity index (χ2n) is 5.11. The van der Waals surface area contributed by atoms with Crippen molar-refractivity contribution in [2.45, 2.75) is 32.8 Å². The van der Waals surface area contributed by atoms with Gasteiger partial charge in [-0.1, -0.05) is 0 Å². The van der Waals surface area contributed by atoms with Gasteiger partial charge in [0.15, 0.2) is 0 Å². The SMILES string of the molecule is CSCC(C)(O)CNC(=O)Cc1c(C)nc(=O)[nH]c1C. The van der Waals surface area contributed by atoms with Crippen LogP contribution in [0.5, 0.6) is 0 Å². The maximum absolute atomic E-state index is 11.9. The lowest BCUT2D eigenvalue weighted by Gasteiger charge is -2.22. The molecule has 1 heterocycles. The lowest BCUT2D eigenvalue weighted by Crippen LogP contribution is -2.43. The van der Waals surface area contributed by atoms with Crippen molar-refractivity contribution in [2.24, 2.45) is 0 Å². The maximum Gasteiger partial charge on any atom is 0.345 e. The van der Waals surface area contributed by atoms with Gasteiger partial charge in [-0.05, 0) is 27.0 Å². The number of hydrogen-bond donors (Lipinski definition) is 3. The van der Waals surface area contributed by atoms with Gasteiger partial charge in [0.2, 0.25) is 5.91 Å². The summed E-state index contributed by atoms with van der Waals surface area (Å²) in [5.41, 5.74) is 0.576. The van der Waals surface area contributed by atoms with Crippen molar-refractivity contribution in [3.63, 3.8) is 0 Å². The zero-order valence-electron chi connectivity index (χ0n) is 12.2. The number of nitrogens with zero attached hydrogens (tertiary/aromatic N) is 1. The van der Waals surface area contributed by atoms with Crippen LogP contribution in [0.1, 0.15) is 23.9 Å². The molecule has 1 aromatic rings. The smallest absolute Gasteiger partial charge is 0.345 e. The summed E-state index contributed by atoms with van der Waals surface area (Å²) in [4.78, 5) is 29.4. The molecule has 1 amide bonds. The Bertz CT molecular complexity index is 514. The van der Waals surface area contributed by atoms with Gasteiger partial charge in [-0.3, -0.25) is 4.79 Å². The average molecular weight is 299 g/mol. The second-order valence-corrected chi connectivity index (χ2v) is 5.98. The van der Waals surface area contributed by atoms with Crippen LogP contribution in [0, 0.1) is 13.8 Å². The summed E-state index contributed by atoms with van der Waals surface area (Å²) >= 11 is 1.52. The van der Waals surface area contributed by atoms with Crippen LogP contribution in [0.4, 0.5) is 0 Å². The summed E-state index contributed by atoms with van der Waals surface area (Å²) in [7, 11) is 0. The van der Waals surface area contributed by atoms with E-state index in [0.29, 0.717) is 22.7 Å². The topological polar surface area (TPSA) is 95.1 Å². The highest BCUT2D eigenvalue weighted by Crippen LogP contribution is 2.10. The van der Waals surface area contributed by atoms with Crippen molar-refractivity contribution >= 4 is 17.7 Å². The Labute approximate surface area is 122 Å². The molecule has 6 nitrogen and oxygen atoms in total. The first-order valence-electron chi connectivity index (χ1n) is 6.29. The first-order chi connectivity index (χ1) is 9.25. The Balaban J connectivity index is 2.66. The minimum atomic E-state index is -0.928. The third-order valence-electron chi connectivity index (χ3n) is 2.91. The minimum Gasteiger partial charge on any atom is -0.387 e. The van der Waals surface area contributed by atoms with Crippen LogP contribution in [0.3, 0.4) is 0 Å². The maximum atomic E-state index is 11.9. The Morgan fingerprint density at radius 1 is 1.50 bits per heavy atom. The molecule has 0 spiro atoms. The van der Waals surface area contributed by atoms with Gasteiger partial charge in [0.25, 0.3) is 0 Å². The number of amides is 1. The molecular weight excluding hydrogens is 278 g/mol. The van der Waals surface area contributed by atoms with Gasteiger partial charge in [0, 0.05) is 29.2 Å². The molecule has 1 unspecified atom stereocenters. The fraction of sp³-hybridized carbons (Fsp3) is 0.615. The van der Waals surface area contributed by atoms with E-state index in [2.05, 4.69) is 15.3 Å². The Hall–Kier alpha value is -1.34. The van der Waals surface area contributed by atoms with E-state index in [4.69, 9.17) is 0 Å². The Kier molecular flexibility index (Phi) is 5.76. The molecule has 1 rings (SSSR count). The van der Waals surface area contributed by atoms with E-state index >= 15 is 0 Å². The number of thioether (sulfide) groups is 1. The third kappa shape index (κ3) is 4.97. The summed E-state index contributed by atoms with van der Waals surface area (Å²) in [6.07, 6.45) is 2.03. The van der Waals surface area contributed by atoms with Crippen LogP contribution < -0.4 is 11.0 Å². The lowest BCUT2D eigenvalue weighted by molar-refractivity contribution is -0.121. The molecule has 0 aliphatic heterocycles. The summed E-state index contributed by atoms with van der Waals surface area (Å²) in [5.74, 6) is 0.345. The number of carbonyl (C=O) groups excluding carboxylic acids is 1. The number of aryl methyl sites for hydroxylation is 2. The van der Waals surface area contributed by atoms with Crippen LogP contribution >= 0.6 is 11.8 Å². The third-order valence-corrected chi connectivity index (χ3v) is 3.82. The van der Waals surface area contributed by atoms with Gasteiger partial charge in [-0.2, -0.15) is 16.7 Å². The standard InChI is InChI=1S/C13H21N3O3S/c1-8-10(9(2)16-12(18)15-8)5-11(17)14-6-13(3,19)7-20-4/h19H,5-7H2,1-4H3,(H,14,17)(H,15,16,18). The first kappa shape index (κ1) is 16.7. The van der Waals surface area contributed by atoms with Gasteiger partial charge in [-0.15, -0.1) is 0 Å². The van der Waals surface area contributed by atoms with Gasteiger partial charge in [-0.25, -0.2) is 4.79 Å². The van der Waals surface area contributed by atoms with Crippen LogP contribution in [-0.4, -0.2) is 45.1 Å².